The van der Waals surface area contributed by atoms with Gasteiger partial charge in [-0.15, -0.1) is 11.3 Å². The van der Waals surface area contributed by atoms with E-state index in [0.29, 0.717) is 18.2 Å². The van der Waals surface area contributed by atoms with Gasteiger partial charge in [0.25, 0.3) is 0 Å². The summed E-state index contributed by atoms with van der Waals surface area (Å²) < 4.78 is 0. The van der Waals surface area contributed by atoms with Crippen LogP contribution >= 0.6 is 11.3 Å². The lowest BCUT2D eigenvalue weighted by Crippen LogP contribution is -2.04. The molecule has 0 saturated heterocycles. The molecule has 0 amide bonds. The first-order valence-corrected chi connectivity index (χ1v) is 5.17. The smallest absolute Gasteiger partial charge is 0.224 e. The normalized spacial score (nSPS) is 9.53. The van der Waals surface area contributed by atoms with Crippen molar-refractivity contribution in [3.63, 3.8) is 0 Å². The molecule has 0 radical (unpaired) electrons. The van der Waals surface area contributed by atoms with Crippen molar-refractivity contribution in [2.24, 2.45) is 0 Å². The van der Waals surface area contributed by atoms with Crippen LogP contribution in [0.4, 0.5) is 5.95 Å². The first-order valence-electron chi connectivity index (χ1n) is 4.22. The van der Waals surface area contributed by atoms with Gasteiger partial charge in [-0.05, 0) is 6.07 Å². The molecule has 0 fully saturated rings. The molecular weight excluding hydrogens is 210 g/mol. The van der Waals surface area contributed by atoms with Crippen LogP contribution in [-0.2, 0) is 6.54 Å². The van der Waals surface area contributed by atoms with Crippen molar-refractivity contribution in [3.05, 3.63) is 34.5 Å². The Hall–Kier alpha value is -2.00. The van der Waals surface area contributed by atoms with Crippen molar-refractivity contribution in [2.45, 2.75) is 6.54 Å². The number of anilines is 1. The first-order chi connectivity index (χ1) is 7.38. The van der Waals surface area contributed by atoms with Crippen LogP contribution < -0.4 is 5.32 Å². The second-order valence-electron chi connectivity index (χ2n) is 2.71. The standard InChI is InChI=1S/C9H7N5S/c10-3-7-1-2-11-9(14-7)12-4-8-5-15-6-13-8/h1-2,5-6H,4H2,(H,11,12,14). The van der Waals surface area contributed by atoms with Crippen LogP contribution in [-0.4, -0.2) is 15.0 Å². The van der Waals surface area contributed by atoms with Gasteiger partial charge in [-0.25, -0.2) is 15.0 Å². The Morgan fingerprint density at radius 1 is 1.47 bits per heavy atom. The lowest BCUT2D eigenvalue weighted by Gasteiger charge is -2.01. The topological polar surface area (TPSA) is 74.5 Å². The minimum Gasteiger partial charge on any atom is -0.349 e. The summed E-state index contributed by atoms with van der Waals surface area (Å²) in [6, 6.07) is 3.52. The number of aromatic nitrogens is 3. The molecule has 2 aromatic heterocycles. The van der Waals surface area contributed by atoms with Crippen LogP contribution in [0.1, 0.15) is 11.4 Å². The minimum absolute atomic E-state index is 0.353. The summed E-state index contributed by atoms with van der Waals surface area (Å²) >= 11 is 1.54. The highest BCUT2D eigenvalue weighted by Crippen LogP contribution is 2.04. The van der Waals surface area contributed by atoms with Crippen molar-refractivity contribution in [3.8, 4) is 6.07 Å². The van der Waals surface area contributed by atoms with Crippen LogP contribution in [0.3, 0.4) is 0 Å². The predicted octanol–water partition coefficient (Wildman–Crippen LogP) is 1.42. The third-order valence-corrected chi connectivity index (χ3v) is 2.32. The van der Waals surface area contributed by atoms with Crippen molar-refractivity contribution >= 4 is 17.3 Å². The van der Waals surface area contributed by atoms with Crippen molar-refractivity contribution < 1.29 is 0 Å². The van der Waals surface area contributed by atoms with Crippen LogP contribution in [0.25, 0.3) is 0 Å². The second kappa shape index (κ2) is 4.48. The molecule has 1 N–H and O–H groups in total. The highest BCUT2D eigenvalue weighted by molar-refractivity contribution is 7.07. The molecular formula is C9H7N5S. The van der Waals surface area contributed by atoms with E-state index in [-0.39, 0.29) is 0 Å². The highest BCUT2D eigenvalue weighted by atomic mass is 32.1. The van der Waals surface area contributed by atoms with E-state index >= 15 is 0 Å². The third kappa shape index (κ3) is 2.48. The predicted molar refractivity (Wildman–Crippen MR) is 56.2 cm³/mol. The van der Waals surface area contributed by atoms with Crippen LogP contribution in [0.5, 0.6) is 0 Å². The van der Waals surface area contributed by atoms with E-state index in [1.807, 2.05) is 11.4 Å². The monoisotopic (exact) mass is 217 g/mol. The van der Waals surface area contributed by atoms with E-state index in [4.69, 9.17) is 5.26 Å². The van der Waals surface area contributed by atoms with Gasteiger partial charge < -0.3 is 5.32 Å². The largest absolute Gasteiger partial charge is 0.349 e. The van der Waals surface area contributed by atoms with Gasteiger partial charge in [-0.2, -0.15) is 5.26 Å². The number of hydrogen-bond donors (Lipinski definition) is 1. The quantitative estimate of drug-likeness (QED) is 0.841. The van der Waals surface area contributed by atoms with Gasteiger partial charge in [0, 0.05) is 11.6 Å². The Labute approximate surface area is 90.5 Å². The van der Waals surface area contributed by atoms with E-state index < -0.39 is 0 Å². The fraction of sp³-hybridized carbons (Fsp3) is 0.111. The van der Waals surface area contributed by atoms with Gasteiger partial charge in [0.05, 0.1) is 17.7 Å². The maximum atomic E-state index is 8.64. The summed E-state index contributed by atoms with van der Waals surface area (Å²) in [6.45, 7) is 0.568. The third-order valence-electron chi connectivity index (χ3n) is 1.68. The molecule has 0 bridgehead atoms. The summed E-state index contributed by atoms with van der Waals surface area (Å²) in [5, 5.41) is 13.6. The lowest BCUT2D eigenvalue weighted by atomic mass is 10.4. The number of nitrogens with one attached hydrogen (secondary N) is 1. The summed E-state index contributed by atoms with van der Waals surface area (Å²) in [6.07, 6.45) is 1.55. The Balaban J connectivity index is 2.02. The van der Waals surface area contributed by atoms with Crippen molar-refractivity contribution in [1.29, 1.82) is 5.26 Å². The summed E-state index contributed by atoms with van der Waals surface area (Å²) in [4.78, 5) is 12.1. The zero-order chi connectivity index (χ0) is 10.5. The number of nitriles is 1. The zero-order valence-electron chi connectivity index (χ0n) is 7.71. The zero-order valence-corrected chi connectivity index (χ0v) is 8.53. The van der Waals surface area contributed by atoms with Gasteiger partial charge in [-0.3, -0.25) is 0 Å². The molecule has 0 aliphatic rings. The molecule has 0 aliphatic heterocycles. The Morgan fingerprint density at radius 2 is 2.40 bits per heavy atom. The van der Waals surface area contributed by atoms with E-state index in [2.05, 4.69) is 20.3 Å². The molecule has 2 rings (SSSR count). The Morgan fingerprint density at radius 3 is 3.13 bits per heavy atom. The number of hydrogen-bond acceptors (Lipinski definition) is 6. The van der Waals surface area contributed by atoms with Crippen LogP contribution in [0.15, 0.2) is 23.2 Å². The molecule has 74 valence electrons. The van der Waals surface area contributed by atoms with Crippen molar-refractivity contribution in [2.75, 3.05) is 5.32 Å². The second-order valence-corrected chi connectivity index (χ2v) is 3.43. The minimum atomic E-state index is 0.353. The molecule has 6 heteroatoms. The summed E-state index contributed by atoms with van der Waals surface area (Å²) in [5.41, 5.74) is 3.06. The number of nitrogens with zero attached hydrogens (tertiary/aromatic N) is 4. The Bertz CT molecular complexity index is 473. The van der Waals surface area contributed by atoms with E-state index in [9.17, 15) is 0 Å². The number of rotatable bonds is 3. The average Bonchev–Trinajstić information content (AvgIpc) is 2.79. The molecule has 5 nitrogen and oxygen atoms in total. The number of thiazole rings is 1. The molecule has 0 aromatic carbocycles. The van der Waals surface area contributed by atoms with Gasteiger partial charge in [0.15, 0.2) is 0 Å². The molecule has 2 aromatic rings. The molecule has 2 heterocycles. The van der Waals surface area contributed by atoms with Gasteiger partial charge in [0.1, 0.15) is 11.8 Å². The van der Waals surface area contributed by atoms with E-state index in [0.717, 1.165) is 5.69 Å². The SMILES string of the molecule is N#Cc1ccnc(NCc2cscn2)n1. The fourth-order valence-corrected chi connectivity index (χ4v) is 1.56. The molecule has 0 aliphatic carbocycles. The average molecular weight is 217 g/mol. The summed E-state index contributed by atoms with van der Waals surface area (Å²) in [5.74, 6) is 0.446. The molecule has 0 atom stereocenters. The van der Waals surface area contributed by atoms with E-state index in [1.54, 1.807) is 17.8 Å². The Kier molecular flexibility index (Phi) is 2.85. The van der Waals surface area contributed by atoms with Crippen molar-refractivity contribution in [1.82, 2.24) is 15.0 Å². The van der Waals surface area contributed by atoms with E-state index in [1.165, 1.54) is 11.3 Å². The van der Waals surface area contributed by atoms with Gasteiger partial charge in [-0.1, -0.05) is 0 Å². The first kappa shape index (κ1) is 9.55. The lowest BCUT2D eigenvalue weighted by molar-refractivity contribution is 1.01. The van der Waals surface area contributed by atoms with Crippen LogP contribution in [0.2, 0.25) is 0 Å². The molecule has 0 saturated carbocycles. The van der Waals surface area contributed by atoms with Gasteiger partial charge in [0.2, 0.25) is 5.95 Å². The molecule has 0 spiro atoms. The summed E-state index contributed by atoms with van der Waals surface area (Å²) in [7, 11) is 0. The molecule has 15 heavy (non-hydrogen) atoms. The maximum absolute atomic E-state index is 8.64. The van der Waals surface area contributed by atoms with Crippen LogP contribution in [0, 0.1) is 11.3 Å². The maximum Gasteiger partial charge on any atom is 0.224 e. The fourth-order valence-electron chi connectivity index (χ4n) is 1.00. The molecule has 0 unspecified atom stereocenters. The van der Waals surface area contributed by atoms with Gasteiger partial charge >= 0.3 is 0 Å². The highest BCUT2D eigenvalue weighted by Gasteiger charge is 1.99.